The highest BCUT2D eigenvalue weighted by Gasteiger charge is 2.14. The molecule has 0 bridgehead atoms. The van der Waals surface area contributed by atoms with Crippen molar-refractivity contribution in [2.75, 3.05) is 0 Å². The van der Waals surface area contributed by atoms with E-state index in [1.54, 1.807) is 12.1 Å². The summed E-state index contributed by atoms with van der Waals surface area (Å²) in [6.07, 6.45) is -0.375. The first-order chi connectivity index (χ1) is 8.58. The molecule has 0 amide bonds. The second-order valence-corrected chi connectivity index (χ2v) is 4.73. The Labute approximate surface area is 111 Å². The number of hydrogen-bond donors (Lipinski definition) is 1. The third-order valence-electron chi connectivity index (χ3n) is 2.89. The van der Waals surface area contributed by atoms with Crippen molar-refractivity contribution in [3.8, 4) is 0 Å². The van der Waals surface area contributed by atoms with E-state index in [4.69, 9.17) is 11.6 Å². The van der Waals surface area contributed by atoms with Crippen LogP contribution in [0.25, 0.3) is 0 Å². The number of aryl methyl sites for hydroxylation is 1. The largest absolute Gasteiger partial charge is 0.388 e. The van der Waals surface area contributed by atoms with Gasteiger partial charge in [0, 0.05) is 12.0 Å². The van der Waals surface area contributed by atoms with Crippen LogP contribution in [0.15, 0.2) is 42.5 Å². The summed E-state index contributed by atoms with van der Waals surface area (Å²) in [4.78, 5) is 0. The normalized spacial score (nSPS) is 12.4. The summed E-state index contributed by atoms with van der Waals surface area (Å²) in [5.74, 6) is -0.503. The highest BCUT2D eigenvalue weighted by molar-refractivity contribution is 6.31. The van der Waals surface area contributed by atoms with Crippen LogP contribution >= 0.6 is 11.6 Å². The lowest BCUT2D eigenvalue weighted by Gasteiger charge is -2.13. The summed E-state index contributed by atoms with van der Waals surface area (Å²) >= 11 is 5.84. The van der Waals surface area contributed by atoms with Crippen molar-refractivity contribution < 1.29 is 9.50 Å². The molecule has 2 aromatic carbocycles. The third kappa shape index (κ3) is 2.89. The van der Waals surface area contributed by atoms with Crippen LogP contribution < -0.4 is 0 Å². The van der Waals surface area contributed by atoms with Crippen LogP contribution in [0.4, 0.5) is 4.39 Å². The zero-order chi connectivity index (χ0) is 13.1. The van der Waals surface area contributed by atoms with Crippen LogP contribution in [-0.4, -0.2) is 5.11 Å². The minimum Gasteiger partial charge on any atom is -0.388 e. The predicted molar refractivity (Wildman–Crippen MR) is 71.3 cm³/mol. The average Bonchev–Trinajstić information content (AvgIpc) is 2.35. The molecular formula is C15H14ClFO. The number of benzene rings is 2. The summed E-state index contributed by atoms with van der Waals surface area (Å²) in [6, 6.07) is 12.3. The number of hydrogen-bond acceptors (Lipinski definition) is 1. The first-order valence-corrected chi connectivity index (χ1v) is 6.13. The van der Waals surface area contributed by atoms with Crippen molar-refractivity contribution in [3.05, 3.63) is 70.0 Å². The van der Waals surface area contributed by atoms with Crippen molar-refractivity contribution in [1.29, 1.82) is 0 Å². The molecule has 0 aromatic heterocycles. The average molecular weight is 265 g/mol. The van der Waals surface area contributed by atoms with Gasteiger partial charge >= 0.3 is 0 Å². The Bertz CT molecular complexity index is 537. The van der Waals surface area contributed by atoms with Gasteiger partial charge < -0.3 is 5.11 Å². The third-order valence-corrected chi connectivity index (χ3v) is 3.29. The predicted octanol–water partition coefficient (Wildman–Crippen LogP) is 4.06. The lowest BCUT2D eigenvalue weighted by Crippen LogP contribution is -2.03. The Balaban J connectivity index is 2.19. The molecule has 1 nitrogen and oxygen atoms in total. The topological polar surface area (TPSA) is 20.2 Å². The van der Waals surface area contributed by atoms with Crippen LogP contribution in [-0.2, 0) is 6.42 Å². The molecule has 0 aliphatic rings. The summed E-state index contributed by atoms with van der Waals surface area (Å²) < 4.78 is 13.3. The first-order valence-electron chi connectivity index (χ1n) is 5.75. The molecule has 0 saturated carbocycles. The molecule has 94 valence electrons. The first kappa shape index (κ1) is 13.1. The lowest BCUT2D eigenvalue weighted by molar-refractivity contribution is 0.178. The molecule has 0 saturated heterocycles. The number of aliphatic hydroxyl groups excluding tert-OH is 1. The molecule has 3 heteroatoms. The second kappa shape index (κ2) is 5.51. The molecule has 0 fully saturated rings. The van der Waals surface area contributed by atoms with E-state index in [1.165, 1.54) is 6.07 Å². The fourth-order valence-corrected chi connectivity index (χ4v) is 2.09. The fourth-order valence-electron chi connectivity index (χ4n) is 1.84. The molecule has 0 spiro atoms. The van der Waals surface area contributed by atoms with Gasteiger partial charge in [0.15, 0.2) is 0 Å². The maximum atomic E-state index is 13.3. The van der Waals surface area contributed by atoms with Crippen LogP contribution in [0.1, 0.15) is 22.8 Å². The van der Waals surface area contributed by atoms with Gasteiger partial charge in [0.1, 0.15) is 5.82 Å². The monoisotopic (exact) mass is 264 g/mol. The molecule has 0 aliphatic heterocycles. The van der Waals surface area contributed by atoms with E-state index in [-0.39, 0.29) is 5.02 Å². The Morgan fingerprint density at radius 2 is 1.83 bits per heavy atom. The lowest BCUT2D eigenvalue weighted by atomic mass is 10.0. The van der Waals surface area contributed by atoms with Gasteiger partial charge in [0.05, 0.1) is 11.1 Å². The van der Waals surface area contributed by atoms with E-state index in [0.29, 0.717) is 12.0 Å². The van der Waals surface area contributed by atoms with Gasteiger partial charge in [-0.3, -0.25) is 0 Å². The molecule has 18 heavy (non-hydrogen) atoms. The highest BCUT2D eigenvalue weighted by atomic mass is 35.5. The van der Waals surface area contributed by atoms with Crippen molar-refractivity contribution in [1.82, 2.24) is 0 Å². The van der Waals surface area contributed by atoms with Gasteiger partial charge in [0.2, 0.25) is 0 Å². The zero-order valence-electron chi connectivity index (χ0n) is 10.0. The van der Waals surface area contributed by atoms with Gasteiger partial charge in [-0.05, 0) is 18.6 Å². The quantitative estimate of drug-likeness (QED) is 0.886. The van der Waals surface area contributed by atoms with E-state index in [0.717, 1.165) is 11.1 Å². The SMILES string of the molecule is Cc1ccc(CC(O)c2cccc(F)c2Cl)cc1. The molecule has 0 radical (unpaired) electrons. The Morgan fingerprint density at radius 3 is 2.50 bits per heavy atom. The van der Waals surface area contributed by atoms with Crippen LogP contribution in [0.5, 0.6) is 0 Å². The van der Waals surface area contributed by atoms with E-state index >= 15 is 0 Å². The number of aliphatic hydroxyl groups is 1. The Hall–Kier alpha value is -1.38. The summed E-state index contributed by atoms with van der Waals surface area (Å²) in [5, 5.41) is 10.1. The van der Waals surface area contributed by atoms with Crippen LogP contribution in [0.3, 0.4) is 0 Å². The molecule has 2 rings (SSSR count). The fraction of sp³-hybridized carbons (Fsp3) is 0.200. The van der Waals surface area contributed by atoms with Crippen molar-refractivity contribution >= 4 is 11.6 Å². The summed E-state index contributed by atoms with van der Waals surface area (Å²) in [6.45, 7) is 2.00. The van der Waals surface area contributed by atoms with Crippen molar-refractivity contribution in [2.24, 2.45) is 0 Å². The van der Waals surface area contributed by atoms with E-state index in [1.807, 2.05) is 31.2 Å². The second-order valence-electron chi connectivity index (χ2n) is 4.35. The minimum atomic E-state index is -0.795. The maximum Gasteiger partial charge on any atom is 0.142 e. The smallest absolute Gasteiger partial charge is 0.142 e. The van der Waals surface area contributed by atoms with Crippen LogP contribution in [0.2, 0.25) is 5.02 Å². The minimum absolute atomic E-state index is 0.00267. The molecule has 0 heterocycles. The number of halogens is 2. The van der Waals surface area contributed by atoms with Gasteiger partial charge in [-0.1, -0.05) is 53.6 Å². The Morgan fingerprint density at radius 1 is 1.17 bits per heavy atom. The van der Waals surface area contributed by atoms with E-state index in [9.17, 15) is 9.50 Å². The molecule has 1 atom stereocenters. The Kier molecular flexibility index (Phi) is 4.00. The highest BCUT2D eigenvalue weighted by Crippen LogP contribution is 2.27. The van der Waals surface area contributed by atoms with E-state index < -0.39 is 11.9 Å². The van der Waals surface area contributed by atoms with Gasteiger partial charge in [-0.25, -0.2) is 4.39 Å². The van der Waals surface area contributed by atoms with Gasteiger partial charge in [0.25, 0.3) is 0 Å². The van der Waals surface area contributed by atoms with Gasteiger partial charge in [-0.2, -0.15) is 0 Å². The standard InChI is InChI=1S/C15H14ClFO/c1-10-5-7-11(8-6-10)9-14(18)12-3-2-4-13(17)15(12)16/h2-8,14,18H,9H2,1H3. The molecular weight excluding hydrogens is 251 g/mol. The zero-order valence-corrected chi connectivity index (χ0v) is 10.8. The van der Waals surface area contributed by atoms with Crippen molar-refractivity contribution in [3.63, 3.8) is 0 Å². The molecule has 2 aromatic rings. The van der Waals surface area contributed by atoms with Gasteiger partial charge in [-0.15, -0.1) is 0 Å². The van der Waals surface area contributed by atoms with Crippen LogP contribution in [0, 0.1) is 12.7 Å². The molecule has 1 N–H and O–H groups in total. The summed E-state index contributed by atoms with van der Waals surface area (Å²) in [5.41, 5.74) is 2.59. The number of rotatable bonds is 3. The summed E-state index contributed by atoms with van der Waals surface area (Å²) in [7, 11) is 0. The van der Waals surface area contributed by atoms with Crippen molar-refractivity contribution in [2.45, 2.75) is 19.4 Å². The molecule has 1 unspecified atom stereocenters. The molecule has 0 aliphatic carbocycles. The maximum absolute atomic E-state index is 13.3. The van der Waals surface area contributed by atoms with E-state index in [2.05, 4.69) is 0 Å².